The summed E-state index contributed by atoms with van der Waals surface area (Å²) in [6.45, 7) is 8.83. The molecule has 3 saturated heterocycles. The van der Waals surface area contributed by atoms with Crippen LogP contribution in [0.25, 0.3) is 0 Å². The van der Waals surface area contributed by atoms with Crippen LogP contribution in [0.4, 0.5) is 0 Å². The zero-order valence-electron chi connectivity index (χ0n) is 16.6. The van der Waals surface area contributed by atoms with Crippen molar-refractivity contribution in [1.29, 1.82) is 0 Å². The van der Waals surface area contributed by atoms with Gasteiger partial charge in [-0.3, -0.25) is 4.18 Å². The van der Waals surface area contributed by atoms with E-state index in [0.717, 1.165) is 5.56 Å². The van der Waals surface area contributed by atoms with Crippen molar-refractivity contribution in [3.05, 3.63) is 29.8 Å². The molecule has 1 aromatic rings. The molecule has 3 aliphatic heterocycles. The lowest BCUT2D eigenvalue weighted by molar-refractivity contribution is -0.238. The molecule has 0 bridgehead atoms. The molecule has 3 heterocycles. The van der Waals surface area contributed by atoms with Crippen LogP contribution in [0.5, 0.6) is 0 Å². The zero-order valence-corrected chi connectivity index (χ0v) is 17.4. The Morgan fingerprint density at radius 2 is 1.46 bits per heavy atom. The summed E-state index contributed by atoms with van der Waals surface area (Å²) in [6, 6.07) is 6.46. The molecule has 0 spiro atoms. The summed E-state index contributed by atoms with van der Waals surface area (Å²) >= 11 is 0. The van der Waals surface area contributed by atoms with E-state index < -0.39 is 52.4 Å². The van der Waals surface area contributed by atoms with Gasteiger partial charge in [0.15, 0.2) is 17.9 Å². The van der Waals surface area contributed by atoms with Crippen molar-refractivity contribution < 1.29 is 36.3 Å². The van der Waals surface area contributed by atoms with Crippen molar-refractivity contribution in [2.45, 2.75) is 81.8 Å². The molecule has 3 aliphatic rings. The van der Waals surface area contributed by atoms with Crippen LogP contribution < -0.4 is 0 Å². The molecule has 0 aromatic heterocycles. The van der Waals surface area contributed by atoms with Crippen LogP contribution in [0.2, 0.25) is 0 Å². The number of benzene rings is 1. The Morgan fingerprint density at radius 3 is 2.14 bits per heavy atom. The van der Waals surface area contributed by atoms with Gasteiger partial charge < -0.3 is 23.7 Å². The molecule has 0 radical (unpaired) electrons. The second kappa shape index (κ2) is 6.73. The van der Waals surface area contributed by atoms with Crippen molar-refractivity contribution in [3.63, 3.8) is 0 Å². The third kappa shape index (κ3) is 3.85. The maximum absolute atomic E-state index is 12.5. The largest absolute Gasteiger partial charge is 0.342 e. The maximum Gasteiger partial charge on any atom is 0.297 e. The van der Waals surface area contributed by atoms with E-state index in [9.17, 15) is 8.42 Å². The van der Waals surface area contributed by atoms with Crippen LogP contribution in [0.1, 0.15) is 33.3 Å². The first-order valence-electron chi connectivity index (χ1n) is 9.29. The maximum atomic E-state index is 12.5. The standard InChI is InChI=1S/C19H26O8S/c1-11-6-8-12(9-7-11)28(20,21)22-10-13-14-15(25-18(2,3)24-14)16-17(23-13)27-19(4,5)26-16/h6-9,13-17H,10H2,1-5H3/t13-,14+,15-,16+,17-/m0/s1. The lowest BCUT2D eigenvalue weighted by Crippen LogP contribution is -2.56. The van der Waals surface area contributed by atoms with Gasteiger partial charge in [-0.15, -0.1) is 0 Å². The molecule has 156 valence electrons. The molecule has 5 atom stereocenters. The van der Waals surface area contributed by atoms with Gasteiger partial charge in [-0.05, 0) is 46.8 Å². The van der Waals surface area contributed by atoms with Crippen molar-refractivity contribution in [3.8, 4) is 0 Å². The van der Waals surface area contributed by atoms with Crippen molar-refractivity contribution >= 4 is 10.1 Å². The highest BCUT2D eigenvalue weighted by Gasteiger charge is 2.60. The average Bonchev–Trinajstić information content (AvgIpc) is 3.07. The van der Waals surface area contributed by atoms with E-state index in [0.29, 0.717) is 0 Å². The van der Waals surface area contributed by atoms with E-state index in [1.54, 1.807) is 39.8 Å². The van der Waals surface area contributed by atoms with E-state index >= 15 is 0 Å². The molecule has 3 fully saturated rings. The Morgan fingerprint density at radius 1 is 0.893 bits per heavy atom. The fourth-order valence-electron chi connectivity index (χ4n) is 3.76. The number of hydrogen-bond donors (Lipinski definition) is 0. The molecule has 9 heteroatoms. The Balaban J connectivity index is 1.52. The highest BCUT2D eigenvalue weighted by atomic mass is 32.2. The first-order valence-corrected chi connectivity index (χ1v) is 10.7. The first kappa shape index (κ1) is 20.2. The minimum absolute atomic E-state index is 0.0915. The van der Waals surface area contributed by atoms with Gasteiger partial charge in [-0.2, -0.15) is 8.42 Å². The third-order valence-corrected chi connectivity index (χ3v) is 6.24. The van der Waals surface area contributed by atoms with Gasteiger partial charge in [0.25, 0.3) is 10.1 Å². The second-order valence-electron chi connectivity index (χ2n) is 8.26. The Bertz CT molecular complexity index is 832. The van der Waals surface area contributed by atoms with Crippen LogP contribution >= 0.6 is 0 Å². The molecule has 0 N–H and O–H groups in total. The van der Waals surface area contributed by atoms with Crippen LogP contribution in [0.15, 0.2) is 29.2 Å². The number of hydrogen-bond acceptors (Lipinski definition) is 8. The van der Waals surface area contributed by atoms with Crippen molar-refractivity contribution in [2.75, 3.05) is 6.61 Å². The highest BCUT2D eigenvalue weighted by Crippen LogP contribution is 2.44. The van der Waals surface area contributed by atoms with Crippen LogP contribution in [-0.4, -0.2) is 57.3 Å². The average molecular weight is 414 g/mol. The molecule has 28 heavy (non-hydrogen) atoms. The summed E-state index contributed by atoms with van der Waals surface area (Å²) in [5.74, 6) is -1.68. The van der Waals surface area contributed by atoms with Crippen molar-refractivity contribution in [2.24, 2.45) is 0 Å². The molecular formula is C19H26O8S. The van der Waals surface area contributed by atoms with E-state index in [4.69, 9.17) is 27.9 Å². The lowest BCUT2D eigenvalue weighted by Gasteiger charge is -2.36. The van der Waals surface area contributed by atoms with Gasteiger partial charge in [-0.1, -0.05) is 17.7 Å². The normalized spacial score (nSPS) is 36.1. The first-order chi connectivity index (χ1) is 13.0. The number of fused-ring (bicyclic) bond motifs is 3. The molecule has 0 amide bonds. The van der Waals surface area contributed by atoms with Gasteiger partial charge in [0.05, 0.1) is 11.5 Å². The Hall–Kier alpha value is -1.07. The second-order valence-corrected chi connectivity index (χ2v) is 9.87. The van der Waals surface area contributed by atoms with E-state index in [2.05, 4.69) is 0 Å². The Kier molecular flexibility index (Phi) is 4.86. The monoisotopic (exact) mass is 414 g/mol. The summed E-state index contributed by atoms with van der Waals surface area (Å²) in [4.78, 5) is 0.0915. The highest BCUT2D eigenvalue weighted by molar-refractivity contribution is 7.86. The van der Waals surface area contributed by atoms with Gasteiger partial charge in [0.2, 0.25) is 0 Å². The SMILES string of the molecule is Cc1ccc(S(=O)(=O)OC[C@@H]2O[C@H]3OC(C)(C)O[C@@H]3[C@H]3OC(C)(C)O[C@@H]32)cc1. The number of ether oxygens (including phenoxy) is 5. The van der Waals surface area contributed by atoms with Crippen molar-refractivity contribution in [1.82, 2.24) is 0 Å². The van der Waals surface area contributed by atoms with Gasteiger partial charge in [0.1, 0.15) is 24.4 Å². The third-order valence-electron chi connectivity index (χ3n) is 4.95. The fourth-order valence-corrected chi connectivity index (χ4v) is 4.68. The van der Waals surface area contributed by atoms with E-state index in [1.807, 2.05) is 6.92 Å². The van der Waals surface area contributed by atoms with Gasteiger partial charge in [-0.25, -0.2) is 0 Å². The predicted octanol–water partition coefficient (Wildman–Crippen LogP) is 2.10. The van der Waals surface area contributed by atoms with Crippen LogP contribution in [0.3, 0.4) is 0 Å². The molecule has 8 nitrogen and oxygen atoms in total. The minimum atomic E-state index is -3.93. The number of aryl methyl sites for hydroxylation is 1. The lowest BCUT2D eigenvalue weighted by atomic mass is 9.99. The molecule has 1 aromatic carbocycles. The number of rotatable bonds is 4. The summed E-state index contributed by atoms with van der Waals surface area (Å²) in [5.41, 5.74) is 0.961. The van der Waals surface area contributed by atoms with E-state index in [-0.39, 0.29) is 11.5 Å². The fraction of sp³-hybridized carbons (Fsp3) is 0.684. The summed E-state index contributed by atoms with van der Waals surface area (Å²) in [7, 11) is -3.93. The topological polar surface area (TPSA) is 89.5 Å². The summed E-state index contributed by atoms with van der Waals surface area (Å²) in [5, 5.41) is 0. The van der Waals surface area contributed by atoms with E-state index in [1.165, 1.54) is 12.1 Å². The molecule has 0 saturated carbocycles. The van der Waals surface area contributed by atoms with Crippen LogP contribution in [0, 0.1) is 6.92 Å². The smallest absolute Gasteiger partial charge is 0.297 e. The quantitative estimate of drug-likeness (QED) is 0.692. The summed E-state index contributed by atoms with van der Waals surface area (Å²) < 4.78 is 60.0. The van der Waals surface area contributed by atoms with Gasteiger partial charge >= 0.3 is 0 Å². The molecule has 0 unspecified atom stereocenters. The Labute approximate surface area is 165 Å². The molecule has 0 aliphatic carbocycles. The summed E-state index contributed by atoms with van der Waals surface area (Å²) in [6.07, 6.45) is -2.84. The predicted molar refractivity (Wildman–Crippen MR) is 96.8 cm³/mol. The zero-order chi connectivity index (χ0) is 20.3. The minimum Gasteiger partial charge on any atom is -0.342 e. The molecule has 4 rings (SSSR count). The van der Waals surface area contributed by atoms with Gasteiger partial charge in [0, 0.05) is 0 Å². The molecular weight excluding hydrogens is 388 g/mol. The van der Waals surface area contributed by atoms with Crippen LogP contribution in [-0.2, 0) is 38.0 Å².